The number of hydrogen-bond donors (Lipinski definition) is 1. The highest BCUT2D eigenvalue weighted by molar-refractivity contribution is 6.34. The van der Waals surface area contributed by atoms with Crippen molar-refractivity contribution in [3.05, 3.63) is 16.7 Å². The second-order valence-electron chi connectivity index (χ2n) is 5.55. The summed E-state index contributed by atoms with van der Waals surface area (Å²) in [6.07, 6.45) is 5.77. The van der Waals surface area contributed by atoms with Gasteiger partial charge in [0.1, 0.15) is 10.8 Å². The van der Waals surface area contributed by atoms with Crippen molar-refractivity contribution in [3.63, 3.8) is 0 Å². The molecule has 0 atom stereocenters. The van der Waals surface area contributed by atoms with Crippen LogP contribution < -0.4 is 19.9 Å². The molecular formula is C15H20ClNO3. The summed E-state index contributed by atoms with van der Waals surface area (Å²) in [5.74, 6) is 1.96. The van der Waals surface area contributed by atoms with E-state index in [1.807, 2.05) is 6.07 Å². The van der Waals surface area contributed by atoms with Gasteiger partial charge in [0, 0.05) is 17.5 Å². The van der Waals surface area contributed by atoms with Crippen LogP contribution in [0.4, 0.5) is 0 Å². The lowest BCUT2D eigenvalue weighted by atomic mass is 9.69. The lowest BCUT2D eigenvalue weighted by Crippen LogP contribution is -2.37. The van der Waals surface area contributed by atoms with Crippen LogP contribution in [-0.4, -0.2) is 20.4 Å². The minimum Gasteiger partial charge on any atom is -0.495 e. The number of rotatable bonds is 3. The Morgan fingerprint density at radius 2 is 2.05 bits per heavy atom. The minimum absolute atomic E-state index is 0.0613. The van der Waals surface area contributed by atoms with E-state index >= 15 is 0 Å². The van der Waals surface area contributed by atoms with Gasteiger partial charge in [0.25, 0.3) is 0 Å². The molecule has 0 saturated heterocycles. The average molecular weight is 298 g/mol. The van der Waals surface area contributed by atoms with Crippen LogP contribution in [0.1, 0.15) is 37.7 Å². The second kappa shape index (κ2) is 5.34. The van der Waals surface area contributed by atoms with Crippen molar-refractivity contribution in [2.75, 3.05) is 20.4 Å². The van der Waals surface area contributed by atoms with Gasteiger partial charge in [0.15, 0.2) is 11.5 Å². The molecule has 1 aliphatic carbocycles. The number of halogens is 1. The van der Waals surface area contributed by atoms with Crippen molar-refractivity contribution in [3.8, 4) is 17.2 Å². The molecule has 0 unspecified atom stereocenters. The summed E-state index contributed by atoms with van der Waals surface area (Å²) in [6.45, 7) is 0.802. The molecular weight excluding hydrogens is 278 g/mol. The molecule has 3 rings (SSSR count). The first-order chi connectivity index (χ1) is 9.72. The van der Waals surface area contributed by atoms with E-state index in [1.165, 1.54) is 19.3 Å². The Morgan fingerprint density at radius 1 is 1.30 bits per heavy atom. The van der Waals surface area contributed by atoms with Crippen LogP contribution in [0.5, 0.6) is 17.2 Å². The first-order valence-corrected chi connectivity index (χ1v) is 7.46. The standard InChI is InChI=1S/C15H20ClNO3/c1-18-13-10(15(8-17)5-3-2-4-6-15)7-11-14(12(13)16)20-9-19-11/h7H,2-6,8-9,17H2,1H3. The summed E-state index contributed by atoms with van der Waals surface area (Å²) >= 11 is 6.43. The Bertz CT molecular complexity index is 512. The minimum atomic E-state index is -0.0613. The molecule has 4 nitrogen and oxygen atoms in total. The predicted octanol–water partition coefficient (Wildman–Crippen LogP) is 3.24. The highest BCUT2D eigenvalue weighted by Crippen LogP contribution is 2.52. The maximum atomic E-state index is 6.43. The van der Waals surface area contributed by atoms with Crippen LogP contribution in [0.3, 0.4) is 0 Å². The smallest absolute Gasteiger partial charge is 0.231 e. The van der Waals surface area contributed by atoms with Gasteiger partial charge in [-0.15, -0.1) is 0 Å². The highest BCUT2D eigenvalue weighted by Gasteiger charge is 2.38. The molecule has 0 aromatic heterocycles. The Balaban J connectivity index is 2.14. The van der Waals surface area contributed by atoms with E-state index in [-0.39, 0.29) is 12.2 Å². The average Bonchev–Trinajstić information content (AvgIpc) is 2.96. The van der Waals surface area contributed by atoms with Gasteiger partial charge in [-0.2, -0.15) is 0 Å². The Kier molecular flexibility index (Phi) is 3.69. The van der Waals surface area contributed by atoms with Crippen LogP contribution in [0.15, 0.2) is 6.07 Å². The van der Waals surface area contributed by atoms with Crippen molar-refractivity contribution in [2.45, 2.75) is 37.5 Å². The van der Waals surface area contributed by atoms with Crippen molar-refractivity contribution in [1.82, 2.24) is 0 Å². The van der Waals surface area contributed by atoms with E-state index in [0.29, 0.717) is 28.8 Å². The zero-order valence-electron chi connectivity index (χ0n) is 11.7. The van der Waals surface area contributed by atoms with E-state index in [0.717, 1.165) is 18.4 Å². The first kappa shape index (κ1) is 13.8. The fraction of sp³-hybridized carbons (Fsp3) is 0.600. The zero-order chi connectivity index (χ0) is 14.2. The zero-order valence-corrected chi connectivity index (χ0v) is 12.5. The predicted molar refractivity (Wildman–Crippen MR) is 77.9 cm³/mol. The highest BCUT2D eigenvalue weighted by atomic mass is 35.5. The van der Waals surface area contributed by atoms with Gasteiger partial charge in [-0.05, 0) is 18.9 Å². The van der Waals surface area contributed by atoms with Gasteiger partial charge in [-0.3, -0.25) is 0 Å². The lowest BCUT2D eigenvalue weighted by molar-refractivity contribution is 0.174. The Morgan fingerprint density at radius 3 is 2.70 bits per heavy atom. The molecule has 20 heavy (non-hydrogen) atoms. The number of fused-ring (bicyclic) bond motifs is 1. The third-order valence-electron chi connectivity index (χ3n) is 4.54. The molecule has 0 spiro atoms. The van der Waals surface area contributed by atoms with Crippen molar-refractivity contribution in [1.29, 1.82) is 0 Å². The lowest BCUT2D eigenvalue weighted by Gasteiger charge is -2.38. The van der Waals surface area contributed by atoms with Crippen LogP contribution in [0.2, 0.25) is 5.02 Å². The molecule has 1 aromatic carbocycles. The van der Waals surface area contributed by atoms with Crippen LogP contribution in [0.25, 0.3) is 0 Å². The maximum Gasteiger partial charge on any atom is 0.231 e. The third-order valence-corrected chi connectivity index (χ3v) is 4.88. The third kappa shape index (κ3) is 2.02. The van der Waals surface area contributed by atoms with E-state index < -0.39 is 0 Å². The molecule has 2 aliphatic rings. The van der Waals surface area contributed by atoms with Gasteiger partial charge in [-0.25, -0.2) is 0 Å². The van der Waals surface area contributed by atoms with Crippen molar-refractivity contribution in [2.24, 2.45) is 5.73 Å². The molecule has 1 aromatic rings. The number of benzene rings is 1. The van der Waals surface area contributed by atoms with Gasteiger partial charge >= 0.3 is 0 Å². The molecule has 0 radical (unpaired) electrons. The van der Waals surface area contributed by atoms with E-state index in [2.05, 4.69) is 0 Å². The van der Waals surface area contributed by atoms with Crippen LogP contribution >= 0.6 is 11.6 Å². The molecule has 5 heteroatoms. The van der Waals surface area contributed by atoms with E-state index in [4.69, 9.17) is 31.5 Å². The summed E-state index contributed by atoms with van der Waals surface area (Å²) in [7, 11) is 1.64. The van der Waals surface area contributed by atoms with Crippen LogP contribution in [0, 0.1) is 0 Å². The maximum absolute atomic E-state index is 6.43. The number of ether oxygens (including phenoxy) is 3. The monoisotopic (exact) mass is 297 g/mol. The van der Waals surface area contributed by atoms with Gasteiger partial charge in [-0.1, -0.05) is 30.9 Å². The van der Waals surface area contributed by atoms with E-state index in [1.54, 1.807) is 7.11 Å². The first-order valence-electron chi connectivity index (χ1n) is 7.08. The summed E-state index contributed by atoms with van der Waals surface area (Å²) in [5, 5.41) is 0.496. The van der Waals surface area contributed by atoms with Crippen molar-refractivity contribution >= 4 is 11.6 Å². The molecule has 1 heterocycles. The molecule has 1 aliphatic heterocycles. The SMILES string of the molecule is COc1c(C2(CN)CCCCC2)cc2c(c1Cl)OCO2. The van der Waals surface area contributed by atoms with Gasteiger partial charge in [0.05, 0.1) is 7.11 Å². The van der Waals surface area contributed by atoms with Gasteiger partial charge < -0.3 is 19.9 Å². The Hall–Kier alpha value is -1.13. The summed E-state index contributed by atoms with van der Waals surface area (Å²) in [6, 6.07) is 2.01. The normalized spacial score (nSPS) is 19.9. The van der Waals surface area contributed by atoms with Gasteiger partial charge in [0.2, 0.25) is 6.79 Å². The number of nitrogens with two attached hydrogens (primary N) is 1. The fourth-order valence-electron chi connectivity index (χ4n) is 3.39. The summed E-state index contributed by atoms with van der Waals surface area (Å²) in [5.41, 5.74) is 7.12. The molecule has 110 valence electrons. The molecule has 1 fully saturated rings. The topological polar surface area (TPSA) is 53.7 Å². The number of hydrogen-bond acceptors (Lipinski definition) is 4. The molecule has 0 amide bonds. The van der Waals surface area contributed by atoms with Crippen LogP contribution in [-0.2, 0) is 5.41 Å². The quantitative estimate of drug-likeness (QED) is 0.930. The van der Waals surface area contributed by atoms with Crippen molar-refractivity contribution < 1.29 is 14.2 Å². The summed E-state index contributed by atoms with van der Waals surface area (Å²) in [4.78, 5) is 0. The Labute approximate surface area is 124 Å². The van der Waals surface area contributed by atoms with E-state index in [9.17, 15) is 0 Å². The fourth-order valence-corrected chi connectivity index (χ4v) is 3.72. The molecule has 2 N–H and O–H groups in total. The largest absolute Gasteiger partial charge is 0.495 e. The number of methoxy groups -OCH3 is 1. The second-order valence-corrected chi connectivity index (χ2v) is 5.93. The molecule has 0 bridgehead atoms. The summed E-state index contributed by atoms with van der Waals surface area (Å²) < 4.78 is 16.5. The molecule has 1 saturated carbocycles.